The van der Waals surface area contributed by atoms with Crippen LogP contribution in [0.15, 0.2) is 0 Å². The van der Waals surface area contributed by atoms with Crippen LogP contribution in [-0.2, 0) is 4.79 Å². The molecule has 0 saturated carbocycles. The molecule has 1 atom stereocenters. The van der Waals surface area contributed by atoms with Gasteiger partial charge in [0.15, 0.2) is 0 Å². The normalized spacial score (nSPS) is 15.9. The fraction of sp³-hybridized carbons (Fsp3) is 0.957. The third kappa shape index (κ3) is 14.1. The molecule has 160 valence electrons. The molecule has 1 fully saturated rings. The number of hydrogen-bond acceptors (Lipinski definition) is 3. The van der Waals surface area contributed by atoms with Crippen LogP contribution >= 0.6 is 0 Å². The zero-order valence-corrected chi connectivity index (χ0v) is 18.0. The molecule has 1 rings (SSSR count). The summed E-state index contributed by atoms with van der Waals surface area (Å²) in [6, 6.07) is -0.0995. The molecule has 0 aromatic carbocycles. The third-order valence-electron chi connectivity index (χ3n) is 5.77. The zero-order chi connectivity index (χ0) is 19.6. The van der Waals surface area contributed by atoms with Gasteiger partial charge >= 0.3 is 0 Å². The van der Waals surface area contributed by atoms with Crippen LogP contribution in [0.3, 0.4) is 0 Å². The molecule has 4 nitrogen and oxygen atoms in total. The molecule has 0 aliphatic carbocycles. The Morgan fingerprint density at radius 3 is 1.81 bits per heavy atom. The van der Waals surface area contributed by atoms with Crippen LogP contribution < -0.4 is 5.32 Å². The Morgan fingerprint density at radius 1 is 0.852 bits per heavy atom. The average molecular weight is 383 g/mol. The van der Waals surface area contributed by atoms with Gasteiger partial charge in [-0.25, -0.2) is 0 Å². The summed E-state index contributed by atoms with van der Waals surface area (Å²) in [5.74, 6) is 0.108. The van der Waals surface area contributed by atoms with E-state index in [-0.39, 0.29) is 18.6 Å². The molecule has 4 heteroatoms. The number of aliphatic hydroxyl groups excluding tert-OH is 1. The minimum atomic E-state index is -0.0995. The third-order valence-corrected chi connectivity index (χ3v) is 5.77. The van der Waals surface area contributed by atoms with Crippen molar-refractivity contribution in [2.45, 2.75) is 116 Å². The number of hydrogen-bond donors (Lipinski definition) is 2. The van der Waals surface area contributed by atoms with Crippen molar-refractivity contribution in [3.8, 4) is 0 Å². The fourth-order valence-corrected chi connectivity index (χ4v) is 4.03. The standard InChI is InChI=1S/C23H46N2O2/c1-2-3-4-5-6-7-8-9-10-11-12-13-14-17-23(27)24-22(21-26)20-25-18-15-16-19-25/h22,26H,2-21H2,1H3,(H,24,27). The molecule has 1 saturated heterocycles. The number of likely N-dealkylation sites (tertiary alicyclic amines) is 1. The summed E-state index contributed by atoms with van der Waals surface area (Å²) < 4.78 is 0. The van der Waals surface area contributed by atoms with Gasteiger partial charge in [0.2, 0.25) is 5.91 Å². The number of unbranched alkanes of at least 4 members (excludes halogenated alkanes) is 12. The van der Waals surface area contributed by atoms with E-state index in [4.69, 9.17) is 0 Å². The van der Waals surface area contributed by atoms with Crippen LogP contribution in [0.4, 0.5) is 0 Å². The summed E-state index contributed by atoms with van der Waals surface area (Å²) in [6.07, 6.45) is 20.3. The lowest BCUT2D eigenvalue weighted by Gasteiger charge is -2.22. The lowest BCUT2D eigenvalue weighted by Crippen LogP contribution is -2.45. The second-order valence-corrected chi connectivity index (χ2v) is 8.45. The van der Waals surface area contributed by atoms with Crippen LogP contribution in [-0.4, -0.2) is 48.2 Å². The molecule has 1 heterocycles. The van der Waals surface area contributed by atoms with E-state index >= 15 is 0 Å². The molecular formula is C23H46N2O2. The first kappa shape index (κ1) is 24.4. The molecule has 0 bridgehead atoms. The number of nitrogens with one attached hydrogen (secondary N) is 1. The second kappa shape index (κ2) is 17.5. The van der Waals surface area contributed by atoms with Crippen LogP contribution in [0.25, 0.3) is 0 Å². The van der Waals surface area contributed by atoms with E-state index in [0.717, 1.165) is 32.5 Å². The van der Waals surface area contributed by atoms with Crippen LogP contribution in [0.5, 0.6) is 0 Å². The number of amides is 1. The maximum Gasteiger partial charge on any atom is 0.220 e. The first-order chi connectivity index (χ1) is 13.3. The Hall–Kier alpha value is -0.610. The predicted molar refractivity (Wildman–Crippen MR) is 115 cm³/mol. The maximum atomic E-state index is 12.0. The van der Waals surface area contributed by atoms with Gasteiger partial charge in [-0.15, -0.1) is 0 Å². The Kier molecular flexibility index (Phi) is 15.8. The first-order valence-electron chi connectivity index (χ1n) is 11.9. The van der Waals surface area contributed by atoms with Crippen LogP contribution in [0, 0.1) is 0 Å². The number of carbonyl (C=O) groups excluding carboxylic acids is 1. The monoisotopic (exact) mass is 382 g/mol. The van der Waals surface area contributed by atoms with E-state index in [0.29, 0.717) is 6.42 Å². The van der Waals surface area contributed by atoms with Crippen molar-refractivity contribution in [1.29, 1.82) is 0 Å². The highest BCUT2D eigenvalue weighted by Gasteiger charge is 2.18. The van der Waals surface area contributed by atoms with Gasteiger partial charge in [-0.05, 0) is 32.4 Å². The van der Waals surface area contributed by atoms with E-state index in [1.165, 1.54) is 83.5 Å². The predicted octanol–water partition coefficient (Wildman–Crippen LogP) is 5.04. The largest absolute Gasteiger partial charge is 0.394 e. The van der Waals surface area contributed by atoms with Crippen molar-refractivity contribution in [3.05, 3.63) is 0 Å². The van der Waals surface area contributed by atoms with Crippen molar-refractivity contribution in [2.24, 2.45) is 0 Å². The molecule has 0 spiro atoms. The summed E-state index contributed by atoms with van der Waals surface area (Å²) in [4.78, 5) is 14.4. The molecule has 1 aliphatic rings. The van der Waals surface area contributed by atoms with E-state index in [2.05, 4.69) is 17.1 Å². The van der Waals surface area contributed by atoms with Gasteiger partial charge < -0.3 is 15.3 Å². The average Bonchev–Trinajstić information content (AvgIpc) is 3.18. The van der Waals surface area contributed by atoms with Gasteiger partial charge in [0.25, 0.3) is 0 Å². The van der Waals surface area contributed by atoms with Gasteiger partial charge in [0.05, 0.1) is 12.6 Å². The Labute approximate surface area is 168 Å². The number of rotatable bonds is 18. The number of carbonyl (C=O) groups is 1. The highest BCUT2D eigenvalue weighted by molar-refractivity contribution is 5.76. The molecular weight excluding hydrogens is 336 g/mol. The Balaban J connectivity index is 1.86. The van der Waals surface area contributed by atoms with E-state index < -0.39 is 0 Å². The first-order valence-corrected chi connectivity index (χ1v) is 11.9. The molecule has 0 aromatic heterocycles. The minimum Gasteiger partial charge on any atom is -0.394 e. The van der Waals surface area contributed by atoms with Gasteiger partial charge in [0.1, 0.15) is 0 Å². The van der Waals surface area contributed by atoms with Crippen LogP contribution in [0.1, 0.15) is 110 Å². The molecule has 0 radical (unpaired) electrons. The van der Waals surface area contributed by atoms with E-state index in [9.17, 15) is 9.90 Å². The summed E-state index contributed by atoms with van der Waals surface area (Å²) in [5, 5.41) is 12.5. The van der Waals surface area contributed by atoms with Crippen molar-refractivity contribution < 1.29 is 9.90 Å². The number of aliphatic hydroxyl groups is 1. The topological polar surface area (TPSA) is 52.6 Å². The lowest BCUT2D eigenvalue weighted by atomic mass is 10.0. The minimum absolute atomic E-state index is 0.0425. The maximum absolute atomic E-state index is 12.0. The molecule has 1 amide bonds. The van der Waals surface area contributed by atoms with Crippen molar-refractivity contribution in [3.63, 3.8) is 0 Å². The fourth-order valence-electron chi connectivity index (χ4n) is 4.03. The van der Waals surface area contributed by atoms with E-state index in [1.54, 1.807) is 0 Å². The second-order valence-electron chi connectivity index (χ2n) is 8.45. The summed E-state index contributed by atoms with van der Waals surface area (Å²) in [7, 11) is 0. The zero-order valence-electron chi connectivity index (χ0n) is 18.0. The Bertz CT molecular complexity index is 343. The Morgan fingerprint density at radius 2 is 1.33 bits per heavy atom. The molecule has 0 aromatic rings. The molecule has 1 aliphatic heterocycles. The molecule has 27 heavy (non-hydrogen) atoms. The smallest absolute Gasteiger partial charge is 0.220 e. The summed E-state index contributed by atoms with van der Waals surface area (Å²) in [6.45, 7) is 5.31. The van der Waals surface area contributed by atoms with E-state index in [1.807, 2.05) is 0 Å². The summed E-state index contributed by atoms with van der Waals surface area (Å²) >= 11 is 0. The van der Waals surface area contributed by atoms with Crippen molar-refractivity contribution in [2.75, 3.05) is 26.2 Å². The SMILES string of the molecule is CCCCCCCCCCCCCCCC(=O)NC(CO)CN1CCCC1. The van der Waals surface area contributed by atoms with Gasteiger partial charge in [0, 0.05) is 13.0 Å². The lowest BCUT2D eigenvalue weighted by molar-refractivity contribution is -0.122. The van der Waals surface area contributed by atoms with Crippen molar-refractivity contribution in [1.82, 2.24) is 10.2 Å². The number of nitrogens with zero attached hydrogens (tertiary/aromatic N) is 1. The summed E-state index contributed by atoms with van der Waals surface area (Å²) in [5.41, 5.74) is 0. The highest BCUT2D eigenvalue weighted by Crippen LogP contribution is 2.13. The van der Waals surface area contributed by atoms with Gasteiger partial charge in [-0.3, -0.25) is 4.79 Å². The quantitative estimate of drug-likeness (QED) is 0.327. The van der Waals surface area contributed by atoms with Gasteiger partial charge in [-0.1, -0.05) is 84.0 Å². The molecule has 2 N–H and O–H groups in total. The highest BCUT2D eigenvalue weighted by atomic mass is 16.3. The van der Waals surface area contributed by atoms with Crippen LogP contribution in [0.2, 0.25) is 0 Å². The van der Waals surface area contributed by atoms with Gasteiger partial charge in [-0.2, -0.15) is 0 Å². The molecule has 1 unspecified atom stereocenters. The van der Waals surface area contributed by atoms with Crippen molar-refractivity contribution >= 4 is 5.91 Å².